The van der Waals surface area contributed by atoms with E-state index in [0.29, 0.717) is 36.1 Å². The van der Waals surface area contributed by atoms with E-state index in [1.807, 2.05) is 23.1 Å². The van der Waals surface area contributed by atoms with Gasteiger partial charge in [-0.15, -0.1) is 0 Å². The van der Waals surface area contributed by atoms with Gasteiger partial charge in [-0.1, -0.05) is 30.3 Å². The maximum Gasteiger partial charge on any atom is 0.228 e. The van der Waals surface area contributed by atoms with Gasteiger partial charge in [-0.3, -0.25) is 0 Å². The lowest BCUT2D eigenvalue weighted by atomic mass is 10.2. The number of rotatable bonds is 10. The molecule has 0 spiro atoms. The second-order valence-electron chi connectivity index (χ2n) is 8.22. The molecular formula is C24H27FN4O3S2. The number of sulfone groups is 1. The summed E-state index contributed by atoms with van der Waals surface area (Å²) in [6.45, 7) is 1.10. The molecule has 7 nitrogen and oxygen atoms in total. The summed E-state index contributed by atoms with van der Waals surface area (Å²) in [5.41, 5.74) is 2.13. The van der Waals surface area contributed by atoms with E-state index in [1.165, 1.54) is 12.1 Å². The summed E-state index contributed by atoms with van der Waals surface area (Å²) in [6.07, 6.45) is 3.59. The summed E-state index contributed by atoms with van der Waals surface area (Å²) < 4.78 is 46.6. The lowest BCUT2D eigenvalue weighted by Crippen LogP contribution is -2.36. The number of halogens is 1. The standard InChI is InChI=1S/C24H27FN4O3S2/c1-32-14-13-28-22(15-26-24(28)34(30,31)17-18-5-3-2-4-6-18)16-29(21-11-12-21)23(33)27-20-9-7-19(25)8-10-20/h2-10,15,21H,11-14,16-17H2,1H3,(H,27,33). The minimum absolute atomic E-state index is 0.0246. The summed E-state index contributed by atoms with van der Waals surface area (Å²) in [7, 11) is -2.10. The maximum atomic E-state index is 13.3. The predicted molar refractivity (Wildman–Crippen MR) is 133 cm³/mol. The molecule has 4 rings (SSSR count). The number of nitrogens with zero attached hydrogens (tertiary/aromatic N) is 3. The van der Waals surface area contributed by atoms with Crippen LogP contribution in [0.15, 0.2) is 66.0 Å². The summed E-state index contributed by atoms with van der Waals surface area (Å²) >= 11 is 5.65. The second-order valence-corrected chi connectivity index (χ2v) is 10.5. The number of nitrogens with one attached hydrogen (secondary N) is 1. The zero-order valence-electron chi connectivity index (χ0n) is 18.9. The van der Waals surface area contributed by atoms with Crippen LogP contribution in [0.25, 0.3) is 0 Å². The Balaban J connectivity index is 1.58. The van der Waals surface area contributed by atoms with Gasteiger partial charge in [0, 0.05) is 25.4 Å². The van der Waals surface area contributed by atoms with Gasteiger partial charge >= 0.3 is 0 Å². The summed E-state index contributed by atoms with van der Waals surface area (Å²) in [5, 5.41) is 3.69. The highest BCUT2D eigenvalue weighted by Crippen LogP contribution is 2.30. The number of anilines is 1. The highest BCUT2D eigenvalue weighted by molar-refractivity contribution is 7.90. The monoisotopic (exact) mass is 502 g/mol. The van der Waals surface area contributed by atoms with Crippen LogP contribution < -0.4 is 5.32 Å². The number of hydrogen-bond donors (Lipinski definition) is 1. The fourth-order valence-corrected chi connectivity index (χ4v) is 5.55. The number of methoxy groups -OCH3 is 1. The molecule has 1 aliphatic carbocycles. The third kappa shape index (κ3) is 5.99. The van der Waals surface area contributed by atoms with Crippen molar-refractivity contribution in [2.75, 3.05) is 19.0 Å². The van der Waals surface area contributed by atoms with Crippen molar-refractivity contribution in [3.63, 3.8) is 0 Å². The highest BCUT2D eigenvalue weighted by atomic mass is 32.2. The van der Waals surface area contributed by atoms with Gasteiger partial charge in [0.05, 0.1) is 30.8 Å². The third-order valence-electron chi connectivity index (χ3n) is 5.57. The Hall–Kier alpha value is -2.82. The first kappa shape index (κ1) is 24.3. The molecular weight excluding hydrogens is 475 g/mol. The smallest absolute Gasteiger partial charge is 0.228 e. The van der Waals surface area contributed by atoms with Gasteiger partial charge in [-0.05, 0) is 54.9 Å². The Bertz CT molecular complexity index is 1230. The molecule has 1 N–H and O–H groups in total. The van der Waals surface area contributed by atoms with Crippen molar-refractivity contribution in [3.8, 4) is 0 Å². The van der Waals surface area contributed by atoms with Crippen LogP contribution in [0, 0.1) is 5.82 Å². The second kappa shape index (κ2) is 10.6. The molecule has 0 bridgehead atoms. The Kier molecular flexibility index (Phi) is 7.60. The molecule has 3 aromatic rings. The molecule has 34 heavy (non-hydrogen) atoms. The van der Waals surface area contributed by atoms with E-state index in [1.54, 1.807) is 42.1 Å². The van der Waals surface area contributed by atoms with Crippen LogP contribution in [0.5, 0.6) is 0 Å². The summed E-state index contributed by atoms with van der Waals surface area (Å²) in [5.74, 6) is -0.449. The van der Waals surface area contributed by atoms with Crippen LogP contribution in [-0.4, -0.2) is 47.7 Å². The van der Waals surface area contributed by atoms with Gasteiger partial charge in [-0.25, -0.2) is 17.8 Å². The number of aromatic nitrogens is 2. The molecule has 0 saturated heterocycles. The molecule has 1 aromatic heterocycles. The van der Waals surface area contributed by atoms with Gasteiger partial charge in [0.15, 0.2) is 5.11 Å². The fourth-order valence-electron chi connectivity index (χ4n) is 3.70. The Labute approximate surface area is 204 Å². The van der Waals surface area contributed by atoms with Gasteiger partial charge < -0.3 is 19.5 Å². The number of imidazole rings is 1. The first-order chi connectivity index (χ1) is 16.4. The topological polar surface area (TPSA) is 76.5 Å². The first-order valence-corrected chi connectivity index (χ1v) is 13.1. The first-order valence-electron chi connectivity index (χ1n) is 11.0. The summed E-state index contributed by atoms with van der Waals surface area (Å²) in [4.78, 5) is 6.34. The zero-order valence-corrected chi connectivity index (χ0v) is 20.5. The van der Waals surface area contributed by atoms with Crippen molar-refractivity contribution in [2.45, 2.75) is 42.9 Å². The Morgan fingerprint density at radius 2 is 1.91 bits per heavy atom. The van der Waals surface area contributed by atoms with Crippen LogP contribution in [-0.2, 0) is 33.4 Å². The molecule has 0 radical (unpaired) electrons. The molecule has 2 aromatic carbocycles. The van der Waals surface area contributed by atoms with E-state index in [4.69, 9.17) is 17.0 Å². The van der Waals surface area contributed by atoms with Gasteiger partial charge in [-0.2, -0.15) is 0 Å². The van der Waals surface area contributed by atoms with Crippen LogP contribution in [0.4, 0.5) is 10.1 Å². The molecule has 1 heterocycles. The molecule has 1 aliphatic rings. The van der Waals surface area contributed by atoms with Crippen molar-refractivity contribution in [1.29, 1.82) is 0 Å². The van der Waals surface area contributed by atoms with E-state index < -0.39 is 9.84 Å². The van der Waals surface area contributed by atoms with E-state index >= 15 is 0 Å². The molecule has 0 unspecified atom stereocenters. The van der Waals surface area contributed by atoms with Crippen LogP contribution >= 0.6 is 12.2 Å². The van der Waals surface area contributed by atoms with Gasteiger partial charge in [0.2, 0.25) is 15.0 Å². The maximum absolute atomic E-state index is 13.3. The summed E-state index contributed by atoms with van der Waals surface area (Å²) in [6, 6.07) is 15.3. The van der Waals surface area contributed by atoms with Crippen molar-refractivity contribution < 1.29 is 17.5 Å². The molecule has 0 atom stereocenters. The molecule has 0 aliphatic heterocycles. The van der Waals surface area contributed by atoms with Gasteiger partial charge in [0.25, 0.3) is 0 Å². The lowest BCUT2D eigenvalue weighted by molar-refractivity contribution is 0.182. The van der Waals surface area contributed by atoms with E-state index in [-0.39, 0.29) is 22.8 Å². The zero-order chi connectivity index (χ0) is 24.1. The van der Waals surface area contributed by atoms with Gasteiger partial charge in [0.1, 0.15) is 5.82 Å². The third-order valence-corrected chi connectivity index (χ3v) is 7.51. The Morgan fingerprint density at radius 3 is 2.56 bits per heavy atom. The van der Waals surface area contributed by atoms with Crippen molar-refractivity contribution in [2.24, 2.45) is 0 Å². The highest BCUT2D eigenvalue weighted by Gasteiger charge is 2.33. The molecule has 10 heteroatoms. The van der Waals surface area contributed by atoms with Crippen LogP contribution in [0.3, 0.4) is 0 Å². The quantitative estimate of drug-likeness (QED) is 0.420. The van der Waals surface area contributed by atoms with Crippen molar-refractivity contribution in [3.05, 3.63) is 77.9 Å². The van der Waals surface area contributed by atoms with Crippen LogP contribution in [0.2, 0.25) is 0 Å². The SMILES string of the molecule is COCCn1c(CN(C(=S)Nc2ccc(F)cc2)C2CC2)cnc1S(=O)(=O)Cc1ccccc1. The average molecular weight is 503 g/mol. The number of ether oxygens (including phenoxy) is 1. The normalized spacial score (nSPS) is 13.6. The largest absolute Gasteiger partial charge is 0.383 e. The fraction of sp³-hybridized carbons (Fsp3) is 0.333. The number of hydrogen-bond acceptors (Lipinski definition) is 5. The molecule has 0 amide bonds. The van der Waals surface area contributed by atoms with Crippen LogP contribution in [0.1, 0.15) is 24.1 Å². The Morgan fingerprint density at radius 1 is 1.21 bits per heavy atom. The molecule has 1 saturated carbocycles. The molecule has 1 fully saturated rings. The minimum Gasteiger partial charge on any atom is -0.383 e. The molecule has 180 valence electrons. The van der Waals surface area contributed by atoms with Crippen molar-refractivity contribution >= 4 is 32.9 Å². The number of thiocarbonyl (C=S) groups is 1. The lowest BCUT2D eigenvalue weighted by Gasteiger charge is -2.26. The van der Waals surface area contributed by atoms with E-state index in [0.717, 1.165) is 18.5 Å². The predicted octanol–water partition coefficient (Wildman–Crippen LogP) is 4.00. The van der Waals surface area contributed by atoms with E-state index in [9.17, 15) is 12.8 Å². The minimum atomic E-state index is -3.67. The van der Waals surface area contributed by atoms with E-state index in [2.05, 4.69) is 10.3 Å². The average Bonchev–Trinajstić information content (AvgIpc) is 3.57. The van der Waals surface area contributed by atoms with Crippen molar-refractivity contribution in [1.82, 2.24) is 14.5 Å². The number of benzene rings is 2.